The molecule has 0 radical (unpaired) electrons. The van der Waals surface area contributed by atoms with Crippen LogP contribution in [0.15, 0.2) is 66.3 Å². The van der Waals surface area contributed by atoms with Gasteiger partial charge in [-0.3, -0.25) is 4.79 Å². The number of fused-ring (bicyclic) bond motifs is 1. The summed E-state index contributed by atoms with van der Waals surface area (Å²) in [5.41, 5.74) is 3.46. The predicted octanol–water partition coefficient (Wildman–Crippen LogP) is 3.15. The molecule has 12 nitrogen and oxygen atoms in total. The summed E-state index contributed by atoms with van der Waals surface area (Å²) in [7, 11) is 3.55. The molecule has 5 N–H and O–H groups in total. The van der Waals surface area contributed by atoms with Crippen molar-refractivity contribution in [3.63, 3.8) is 0 Å². The molecule has 0 bridgehead atoms. The highest BCUT2D eigenvalue weighted by molar-refractivity contribution is 7.89. The number of likely N-dealkylation sites (N-methyl/N-ethyl adjacent to an activating group) is 2. The van der Waals surface area contributed by atoms with Gasteiger partial charge in [0.15, 0.2) is 0 Å². The number of methoxy groups -OCH3 is 1. The lowest BCUT2D eigenvalue weighted by Crippen LogP contribution is -2.29. The van der Waals surface area contributed by atoms with Crippen LogP contribution in [0.2, 0.25) is 0 Å². The van der Waals surface area contributed by atoms with Crippen LogP contribution in [0.1, 0.15) is 0 Å². The highest BCUT2D eigenvalue weighted by Gasteiger charge is 2.19. The van der Waals surface area contributed by atoms with E-state index < -0.39 is 10.0 Å². The zero-order valence-corrected chi connectivity index (χ0v) is 23.5. The van der Waals surface area contributed by atoms with E-state index in [-0.39, 0.29) is 16.8 Å². The van der Waals surface area contributed by atoms with Crippen molar-refractivity contribution in [1.29, 1.82) is 0 Å². The number of H-pyrrole nitrogens is 1. The number of hydrogen-bond acceptors (Lipinski definition) is 9. The minimum Gasteiger partial charge on any atom is -0.494 e. The fourth-order valence-corrected chi connectivity index (χ4v) is 4.89. The minimum absolute atomic E-state index is 0.00173. The Morgan fingerprint density at radius 1 is 1.18 bits per heavy atom. The van der Waals surface area contributed by atoms with Crippen LogP contribution in [0.3, 0.4) is 0 Å². The van der Waals surface area contributed by atoms with Crippen molar-refractivity contribution >= 4 is 49.8 Å². The number of hydrogen-bond donors (Lipinski definition) is 4. The van der Waals surface area contributed by atoms with Gasteiger partial charge in [-0.15, -0.1) is 0 Å². The molecule has 2 aromatic carbocycles. The SMILES string of the molecule is C=CC(=O)Nc1cc(Nc2nccc(-c3c[nH]c4c(S(N)(=O)=O)cccc34)n2)c(OC)cc1N(C)CCN(C)C. The Balaban J connectivity index is 1.72. The van der Waals surface area contributed by atoms with Crippen LogP contribution < -0.4 is 25.4 Å². The highest BCUT2D eigenvalue weighted by Crippen LogP contribution is 2.38. The van der Waals surface area contributed by atoms with Gasteiger partial charge in [-0.2, -0.15) is 0 Å². The van der Waals surface area contributed by atoms with Gasteiger partial charge < -0.3 is 30.2 Å². The molecule has 2 heterocycles. The zero-order valence-electron chi connectivity index (χ0n) is 22.7. The smallest absolute Gasteiger partial charge is 0.247 e. The maximum absolute atomic E-state index is 12.2. The van der Waals surface area contributed by atoms with Crippen LogP contribution in [0.25, 0.3) is 22.2 Å². The van der Waals surface area contributed by atoms with Crippen LogP contribution in [0, 0.1) is 0 Å². The molecule has 4 aromatic rings. The molecule has 2 aromatic heterocycles. The first kappa shape index (κ1) is 28.5. The first-order chi connectivity index (χ1) is 19.0. The molecule has 0 spiro atoms. The largest absolute Gasteiger partial charge is 0.494 e. The molecule has 0 aliphatic heterocycles. The van der Waals surface area contributed by atoms with Crippen molar-refractivity contribution < 1.29 is 17.9 Å². The molecule has 0 aliphatic carbocycles. The summed E-state index contributed by atoms with van der Waals surface area (Å²) >= 11 is 0. The van der Waals surface area contributed by atoms with Gasteiger partial charge in [-0.05, 0) is 38.4 Å². The molecule has 0 saturated heterocycles. The molecular weight excluding hydrogens is 532 g/mol. The van der Waals surface area contributed by atoms with Crippen LogP contribution in [0.4, 0.5) is 23.0 Å². The Labute approximate surface area is 232 Å². The molecule has 1 amide bonds. The number of carbonyl (C=O) groups is 1. The van der Waals surface area contributed by atoms with E-state index in [0.29, 0.717) is 45.8 Å². The number of carbonyl (C=O) groups excluding carboxylic acids is 1. The van der Waals surface area contributed by atoms with E-state index in [4.69, 9.17) is 9.88 Å². The van der Waals surface area contributed by atoms with Gasteiger partial charge in [0.25, 0.3) is 0 Å². The summed E-state index contributed by atoms with van der Waals surface area (Å²) in [6.45, 7) is 5.07. The molecule has 0 aliphatic rings. The van der Waals surface area contributed by atoms with E-state index in [1.54, 1.807) is 43.8 Å². The van der Waals surface area contributed by atoms with E-state index in [1.165, 1.54) is 12.1 Å². The summed E-state index contributed by atoms with van der Waals surface area (Å²) in [5, 5.41) is 12.1. The molecule has 0 fully saturated rings. The Hall–Kier alpha value is -4.46. The molecule has 210 valence electrons. The van der Waals surface area contributed by atoms with Gasteiger partial charge in [0.1, 0.15) is 10.6 Å². The highest BCUT2D eigenvalue weighted by atomic mass is 32.2. The van der Waals surface area contributed by atoms with E-state index in [0.717, 1.165) is 12.2 Å². The third kappa shape index (κ3) is 6.22. The lowest BCUT2D eigenvalue weighted by Gasteiger charge is -2.26. The number of nitrogens with one attached hydrogen (secondary N) is 3. The Bertz CT molecular complexity index is 1670. The quantitative estimate of drug-likeness (QED) is 0.201. The van der Waals surface area contributed by atoms with Gasteiger partial charge in [-0.1, -0.05) is 18.7 Å². The maximum atomic E-state index is 12.2. The molecule has 13 heteroatoms. The van der Waals surface area contributed by atoms with Crippen LogP contribution in [0.5, 0.6) is 5.75 Å². The summed E-state index contributed by atoms with van der Waals surface area (Å²) in [5.74, 6) is 0.430. The lowest BCUT2D eigenvalue weighted by molar-refractivity contribution is -0.111. The summed E-state index contributed by atoms with van der Waals surface area (Å²) in [4.78, 5) is 28.3. The zero-order chi connectivity index (χ0) is 29.0. The Morgan fingerprint density at radius 3 is 2.62 bits per heavy atom. The second kappa shape index (κ2) is 11.7. The number of para-hydroxylation sites is 1. The monoisotopic (exact) mass is 564 g/mol. The summed E-state index contributed by atoms with van der Waals surface area (Å²) < 4.78 is 29.7. The van der Waals surface area contributed by atoms with Crippen molar-refractivity contribution in [1.82, 2.24) is 19.9 Å². The number of primary sulfonamides is 1. The topological polar surface area (TPSA) is 159 Å². The molecule has 0 unspecified atom stereocenters. The summed E-state index contributed by atoms with van der Waals surface area (Å²) in [6, 6.07) is 10.2. The fourth-order valence-electron chi connectivity index (χ4n) is 4.17. The van der Waals surface area contributed by atoms with Gasteiger partial charge in [0.2, 0.25) is 21.9 Å². The van der Waals surface area contributed by atoms with Crippen molar-refractivity contribution in [3.05, 3.63) is 61.4 Å². The number of ether oxygens (including phenoxy) is 1. The van der Waals surface area contributed by atoms with Crippen LogP contribution in [-0.4, -0.2) is 75.5 Å². The summed E-state index contributed by atoms with van der Waals surface area (Å²) in [6.07, 6.45) is 4.46. The molecule has 0 atom stereocenters. The van der Waals surface area contributed by atoms with Crippen molar-refractivity contribution in [2.45, 2.75) is 4.90 Å². The number of nitrogens with zero attached hydrogens (tertiary/aromatic N) is 4. The Kier molecular flexibility index (Phi) is 8.38. The number of aromatic amines is 1. The molecular formula is C27H32N8O4S. The number of nitrogens with two attached hydrogens (primary N) is 1. The van der Waals surface area contributed by atoms with Crippen LogP contribution >= 0.6 is 0 Å². The lowest BCUT2D eigenvalue weighted by atomic mass is 10.1. The number of sulfonamides is 1. The first-order valence-corrected chi connectivity index (χ1v) is 13.8. The van der Waals surface area contributed by atoms with Gasteiger partial charge in [0.05, 0.1) is 35.4 Å². The molecule has 4 rings (SSSR count). The van der Waals surface area contributed by atoms with Crippen molar-refractivity contribution in [3.8, 4) is 17.0 Å². The number of benzene rings is 2. The van der Waals surface area contributed by atoms with Crippen molar-refractivity contribution in [2.75, 3.05) is 56.9 Å². The van der Waals surface area contributed by atoms with Crippen molar-refractivity contribution in [2.24, 2.45) is 5.14 Å². The number of rotatable bonds is 11. The number of anilines is 4. The average Bonchev–Trinajstić information content (AvgIpc) is 3.35. The third-order valence-electron chi connectivity index (χ3n) is 6.22. The minimum atomic E-state index is -3.92. The third-order valence-corrected chi connectivity index (χ3v) is 7.17. The van der Waals surface area contributed by atoms with E-state index in [1.807, 2.05) is 32.1 Å². The van der Waals surface area contributed by atoms with Gasteiger partial charge in [0, 0.05) is 49.5 Å². The second-order valence-electron chi connectivity index (χ2n) is 9.30. The fraction of sp³-hybridized carbons (Fsp3) is 0.222. The van der Waals surface area contributed by atoms with E-state index in [9.17, 15) is 13.2 Å². The number of amides is 1. The standard InChI is InChI=1S/C27H32N8O4S/c1-6-25(36)31-20-14-21(23(39-5)15-22(20)35(4)13-12-34(2)3)33-27-29-11-10-19(32-27)18-16-30-26-17(18)8-7-9-24(26)40(28,37)38/h6-11,14-16,30H,1,12-13H2,2-5H3,(H,31,36)(H2,28,37,38)(H,29,32,33). The van der Waals surface area contributed by atoms with Gasteiger partial charge in [-0.25, -0.2) is 23.5 Å². The maximum Gasteiger partial charge on any atom is 0.247 e. The van der Waals surface area contributed by atoms with E-state index in [2.05, 4.69) is 37.1 Å². The van der Waals surface area contributed by atoms with Crippen LogP contribution in [-0.2, 0) is 14.8 Å². The van der Waals surface area contributed by atoms with E-state index >= 15 is 0 Å². The average molecular weight is 565 g/mol. The second-order valence-corrected chi connectivity index (χ2v) is 10.8. The molecule has 40 heavy (non-hydrogen) atoms. The number of aromatic nitrogens is 3. The predicted molar refractivity (Wildman–Crippen MR) is 158 cm³/mol. The Morgan fingerprint density at radius 2 is 1.95 bits per heavy atom. The molecule has 0 saturated carbocycles. The first-order valence-electron chi connectivity index (χ1n) is 12.3. The van der Waals surface area contributed by atoms with Gasteiger partial charge >= 0.3 is 0 Å². The normalized spacial score (nSPS) is 11.4.